The maximum Gasteiger partial charge on any atom is 0.251 e. The van der Waals surface area contributed by atoms with Gasteiger partial charge in [-0.05, 0) is 42.7 Å². The number of nitrogens with one attached hydrogen (secondary N) is 2. The molecule has 0 unspecified atom stereocenters. The summed E-state index contributed by atoms with van der Waals surface area (Å²) >= 11 is 0. The van der Waals surface area contributed by atoms with Crippen LogP contribution in [0.4, 0.5) is 5.69 Å². The fraction of sp³-hybridized carbons (Fsp3) is 0.222. The summed E-state index contributed by atoms with van der Waals surface area (Å²) in [5, 5.41) is 5.40. The Morgan fingerprint density at radius 3 is 2.27 bits per heavy atom. The second-order valence-corrected chi connectivity index (χ2v) is 5.04. The van der Waals surface area contributed by atoms with Gasteiger partial charge in [0.2, 0.25) is 5.91 Å². The lowest BCUT2D eigenvalue weighted by molar-refractivity contribution is -0.116. The van der Waals surface area contributed by atoms with E-state index in [-0.39, 0.29) is 11.8 Å². The van der Waals surface area contributed by atoms with Gasteiger partial charge in [0.1, 0.15) is 0 Å². The Kier molecular flexibility index (Phi) is 5.72. The highest BCUT2D eigenvalue weighted by Gasteiger charge is 2.05. The minimum absolute atomic E-state index is 0.0105. The van der Waals surface area contributed by atoms with Crippen molar-refractivity contribution >= 4 is 17.5 Å². The van der Waals surface area contributed by atoms with Gasteiger partial charge in [-0.15, -0.1) is 0 Å². The van der Waals surface area contributed by atoms with Gasteiger partial charge in [-0.1, -0.05) is 30.3 Å². The van der Waals surface area contributed by atoms with Crippen LogP contribution in [-0.4, -0.2) is 18.9 Å². The average molecular weight is 296 g/mol. The van der Waals surface area contributed by atoms with Crippen LogP contribution < -0.4 is 10.6 Å². The van der Waals surface area contributed by atoms with E-state index in [9.17, 15) is 9.59 Å². The monoisotopic (exact) mass is 296 g/mol. The van der Waals surface area contributed by atoms with Crippen LogP contribution in [0.5, 0.6) is 0 Å². The van der Waals surface area contributed by atoms with Crippen molar-refractivity contribution in [1.82, 2.24) is 5.32 Å². The van der Waals surface area contributed by atoms with Gasteiger partial charge in [0.05, 0.1) is 0 Å². The van der Waals surface area contributed by atoms with Gasteiger partial charge in [-0.2, -0.15) is 0 Å². The zero-order valence-corrected chi connectivity index (χ0v) is 12.6. The van der Waals surface area contributed by atoms with Crippen LogP contribution in [-0.2, 0) is 11.2 Å². The highest BCUT2D eigenvalue weighted by molar-refractivity contribution is 5.95. The van der Waals surface area contributed by atoms with Crippen molar-refractivity contribution in [3.63, 3.8) is 0 Å². The molecule has 0 saturated carbocycles. The Morgan fingerprint density at radius 2 is 1.64 bits per heavy atom. The molecule has 0 bridgehead atoms. The van der Waals surface area contributed by atoms with E-state index in [2.05, 4.69) is 22.8 Å². The fourth-order valence-corrected chi connectivity index (χ4v) is 2.17. The number of aryl methyl sites for hydroxylation is 1. The Labute approximate surface area is 130 Å². The summed E-state index contributed by atoms with van der Waals surface area (Å²) in [6, 6.07) is 17.0. The van der Waals surface area contributed by atoms with Gasteiger partial charge in [0, 0.05) is 24.7 Å². The van der Waals surface area contributed by atoms with Crippen molar-refractivity contribution < 1.29 is 9.59 Å². The molecule has 0 aliphatic carbocycles. The second kappa shape index (κ2) is 7.98. The van der Waals surface area contributed by atoms with Crippen LogP contribution in [0.2, 0.25) is 0 Å². The van der Waals surface area contributed by atoms with E-state index in [1.165, 1.54) is 5.56 Å². The molecule has 2 aromatic rings. The van der Waals surface area contributed by atoms with Gasteiger partial charge < -0.3 is 10.6 Å². The third kappa shape index (κ3) is 4.74. The lowest BCUT2D eigenvalue weighted by Gasteiger charge is -2.06. The molecule has 0 fully saturated rings. The maximum absolute atomic E-state index is 11.9. The number of carbonyl (C=O) groups is 2. The van der Waals surface area contributed by atoms with Crippen molar-refractivity contribution in [3.05, 3.63) is 65.7 Å². The Bertz CT molecular complexity index is 621. The van der Waals surface area contributed by atoms with Crippen LogP contribution >= 0.6 is 0 Å². The molecule has 0 aliphatic heterocycles. The molecule has 4 nitrogen and oxygen atoms in total. The van der Waals surface area contributed by atoms with Crippen molar-refractivity contribution in [2.75, 3.05) is 12.4 Å². The molecule has 0 heterocycles. The number of hydrogen-bond acceptors (Lipinski definition) is 2. The predicted molar refractivity (Wildman–Crippen MR) is 87.8 cm³/mol. The maximum atomic E-state index is 11.9. The minimum Gasteiger partial charge on any atom is -0.355 e. The fourth-order valence-electron chi connectivity index (χ4n) is 2.17. The smallest absolute Gasteiger partial charge is 0.251 e. The summed E-state index contributed by atoms with van der Waals surface area (Å²) in [6.07, 6.45) is 2.18. The van der Waals surface area contributed by atoms with E-state index >= 15 is 0 Å². The van der Waals surface area contributed by atoms with Crippen LogP contribution in [0.1, 0.15) is 28.8 Å². The van der Waals surface area contributed by atoms with Gasteiger partial charge in [0.15, 0.2) is 0 Å². The molecule has 2 rings (SSSR count). The number of rotatable bonds is 6. The largest absolute Gasteiger partial charge is 0.355 e. The molecule has 0 radical (unpaired) electrons. The topological polar surface area (TPSA) is 58.2 Å². The molecule has 0 aromatic heterocycles. The van der Waals surface area contributed by atoms with E-state index in [0.717, 1.165) is 12.8 Å². The zero-order chi connectivity index (χ0) is 15.8. The Balaban J connectivity index is 1.78. The molecule has 0 saturated heterocycles. The Hall–Kier alpha value is -2.62. The number of amides is 2. The molecule has 4 heteroatoms. The first-order chi connectivity index (χ1) is 10.7. The number of benzene rings is 2. The van der Waals surface area contributed by atoms with Gasteiger partial charge in [-0.3, -0.25) is 9.59 Å². The quantitative estimate of drug-likeness (QED) is 0.861. The SMILES string of the molecule is CNC(=O)c1ccc(NC(=O)CCCc2ccccc2)cc1. The molecule has 2 N–H and O–H groups in total. The molecule has 114 valence electrons. The first-order valence-corrected chi connectivity index (χ1v) is 7.35. The number of carbonyl (C=O) groups excluding carboxylic acids is 2. The van der Waals surface area contributed by atoms with E-state index in [1.54, 1.807) is 31.3 Å². The summed E-state index contributed by atoms with van der Waals surface area (Å²) in [4.78, 5) is 23.3. The normalized spacial score (nSPS) is 10.0. The Morgan fingerprint density at radius 1 is 0.955 bits per heavy atom. The van der Waals surface area contributed by atoms with Gasteiger partial charge in [0.25, 0.3) is 5.91 Å². The second-order valence-electron chi connectivity index (χ2n) is 5.04. The van der Waals surface area contributed by atoms with Crippen molar-refractivity contribution in [2.45, 2.75) is 19.3 Å². The molecule has 2 amide bonds. The lowest BCUT2D eigenvalue weighted by atomic mass is 10.1. The van der Waals surface area contributed by atoms with Crippen LogP contribution in [0.3, 0.4) is 0 Å². The molecule has 0 aliphatic rings. The molecule has 0 atom stereocenters. The van der Waals surface area contributed by atoms with E-state index in [0.29, 0.717) is 17.7 Å². The first kappa shape index (κ1) is 15.8. The highest BCUT2D eigenvalue weighted by Crippen LogP contribution is 2.11. The van der Waals surface area contributed by atoms with Crippen LogP contribution in [0.15, 0.2) is 54.6 Å². The zero-order valence-electron chi connectivity index (χ0n) is 12.6. The molecular weight excluding hydrogens is 276 g/mol. The summed E-state index contributed by atoms with van der Waals surface area (Å²) in [6.45, 7) is 0. The number of hydrogen-bond donors (Lipinski definition) is 2. The van der Waals surface area contributed by atoms with Crippen LogP contribution in [0.25, 0.3) is 0 Å². The van der Waals surface area contributed by atoms with Gasteiger partial charge in [-0.25, -0.2) is 0 Å². The summed E-state index contributed by atoms with van der Waals surface area (Å²) < 4.78 is 0. The highest BCUT2D eigenvalue weighted by atomic mass is 16.2. The standard InChI is InChI=1S/C18H20N2O2/c1-19-18(22)15-10-12-16(13-11-15)20-17(21)9-5-8-14-6-3-2-4-7-14/h2-4,6-7,10-13H,5,8-9H2,1H3,(H,19,22)(H,20,21). The van der Waals surface area contributed by atoms with Crippen molar-refractivity contribution in [2.24, 2.45) is 0 Å². The van der Waals surface area contributed by atoms with Gasteiger partial charge >= 0.3 is 0 Å². The third-order valence-corrected chi connectivity index (χ3v) is 3.37. The van der Waals surface area contributed by atoms with E-state index < -0.39 is 0 Å². The molecule has 22 heavy (non-hydrogen) atoms. The summed E-state index contributed by atoms with van der Waals surface area (Å²) in [7, 11) is 1.59. The summed E-state index contributed by atoms with van der Waals surface area (Å²) in [5.41, 5.74) is 2.52. The average Bonchev–Trinajstić information content (AvgIpc) is 2.56. The summed E-state index contributed by atoms with van der Waals surface area (Å²) in [5.74, 6) is -0.149. The molecule has 2 aromatic carbocycles. The third-order valence-electron chi connectivity index (χ3n) is 3.37. The number of anilines is 1. The lowest BCUT2D eigenvalue weighted by Crippen LogP contribution is -2.17. The van der Waals surface area contributed by atoms with E-state index in [4.69, 9.17) is 0 Å². The van der Waals surface area contributed by atoms with E-state index in [1.807, 2.05) is 18.2 Å². The minimum atomic E-state index is -0.138. The molecule has 0 spiro atoms. The predicted octanol–water partition coefficient (Wildman–Crippen LogP) is 3.01. The van der Waals surface area contributed by atoms with Crippen molar-refractivity contribution in [1.29, 1.82) is 0 Å². The van der Waals surface area contributed by atoms with Crippen LogP contribution in [0, 0.1) is 0 Å². The first-order valence-electron chi connectivity index (χ1n) is 7.35. The van der Waals surface area contributed by atoms with Crippen molar-refractivity contribution in [3.8, 4) is 0 Å². The molecular formula is C18H20N2O2.